The smallest absolute Gasteiger partial charge is 0.264 e. The molecule has 3 rings (SSSR count). The number of para-hydroxylation sites is 1. The molecule has 0 unspecified atom stereocenters. The Bertz CT molecular complexity index is 890. The van der Waals surface area contributed by atoms with Crippen molar-refractivity contribution in [1.82, 2.24) is 0 Å². The summed E-state index contributed by atoms with van der Waals surface area (Å²) in [5.41, 5.74) is 1.08. The Balaban J connectivity index is 2.03. The van der Waals surface area contributed by atoms with Crippen LogP contribution < -0.4 is 9.64 Å². The van der Waals surface area contributed by atoms with Gasteiger partial charge >= 0.3 is 0 Å². The van der Waals surface area contributed by atoms with Crippen LogP contribution in [-0.4, -0.2) is 22.9 Å². The third-order valence-corrected chi connectivity index (χ3v) is 4.66. The van der Waals surface area contributed by atoms with Gasteiger partial charge in [0.2, 0.25) is 0 Å². The number of benzene rings is 2. The van der Waals surface area contributed by atoms with E-state index in [-0.39, 0.29) is 24.9 Å². The molecule has 1 amide bonds. The molecule has 0 fully saturated rings. The Hall–Kier alpha value is -2.66. The number of hydrogen-bond acceptors (Lipinski definition) is 4. The number of aryl methyl sites for hydroxylation is 1. The molecule has 1 atom stereocenters. The first-order valence-electron chi connectivity index (χ1n) is 9.12. The van der Waals surface area contributed by atoms with Gasteiger partial charge in [-0.05, 0) is 39.8 Å². The first-order valence-corrected chi connectivity index (χ1v) is 9.12. The zero-order valence-corrected chi connectivity index (χ0v) is 16.2. The van der Waals surface area contributed by atoms with E-state index in [0.29, 0.717) is 17.0 Å². The summed E-state index contributed by atoms with van der Waals surface area (Å²) < 4.78 is 5.86. The minimum Gasteiger partial charge on any atom is -0.491 e. The molecule has 5 heteroatoms. The molecule has 1 aliphatic rings. The molecule has 5 nitrogen and oxygen atoms in total. The Labute approximate surface area is 159 Å². The van der Waals surface area contributed by atoms with E-state index in [9.17, 15) is 14.7 Å². The van der Waals surface area contributed by atoms with Gasteiger partial charge in [-0.25, -0.2) is 0 Å². The molecule has 0 saturated heterocycles. The van der Waals surface area contributed by atoms with Crippen molar-refractivity contribution < 1.29 is 19.4 Å². The number of ether oxygens (including phenoxy) is 1. The Morgan fingerprint density at radius 2 is 1.93 bits per heavy atom. The standard InChI is InChI=1S/C22H25NO4/c1-14(2)27-20-8-6-5-7-17(20)13-23-19-10-9-15(3)11-18(19)22(26,21(23)25)12-16(4)24/h5-11,14,26H,12-13H2,1-4H3/t22-/m0/s1. The Kier molecular flexibility index (Phi) is 5.07. The van der Waals surface area contributed by atoms with Crippen LogP contribution in [0, 0.1) is 6.92 Å². The summed E-state index contributed by atoms with van der Waals surface area (Å²) in [5, 5.41) is 11.1. The van der Waals surface area contributed by atoms with Crippen LogP contribution in [0.25, 0.3) is 0 Å². The van der Waals surface area contributed by atoms with Crippen LogP contribution in [0.3, 0.4) is 0 Å². The molecule has 0 aromatic heterocycles. The van der Waals surface area contributed by atoms with E-state index >= 15 is 0 Å². The molecule has 0 spiro atoms. The quantitative estimate of drug-likeness (QED) is 0.849. The monoisotopic (exact) mass is 367 g/mol. The third-order valence-electron chi connectivity index (χ3n) is 4.66. The van der Waals surface area contributed by atoms with E-state index in [4.69, 9.17) is 4.74 Å². The highest BCUT2D eigenvalue weighted by molar-refractivity contribution is 6.08. The fourth-order valence-electron chi connectivity index (χ4n) is 3.53. The van der Waals surface area contributed by atoms with Crippen LogP contribution in [-0.2, 0) is 21.7 Å². The largest absolute Gasteiger partial charge is 0.491 e. The highest BCUT2D eigenvalue weighted by Gasteiger charge is 2.50. The molecule has 0 radical (unpaired) electrons. The van der Waals surface area contributed by atoms with Crippen molar-refractivity contribution in [3.05, 3.63) is 59.2 Å². The van der Waals surface area contributed by atoms with E-state index in [1.165, 1.54) is 6.92 Å². The van der Waals surface area contributed by atoms with Crippen LogP contribution in [0.2, 0.25) is 0 Å². The molecule has 2 aromatic rings. The number of Topliss-reactive ketones (excluding diaryl/α,β-unsaturated/α-hetero) is 1. The van der Waals surface area contributed by atoms with Crippen LogP contribution in [0.5, 0.6) is 5.75 Å². The number of ketones is 1. The normalized spacial score (nSPS) is 18.7. The van der Waals surface area contributed by atoms with E-state index in [0.717, 1.165) is 11.1 Å². The van der Waals surface area contributed by atoms with Gasteiger partial charge in [0, 0.05) is 17.5 Å². The predicted octanol–water partition coefficient (Wildman–Crippen LogP) is 3.50. The number of fused-ring (bicyclic) bond motifs is 1. The highest BCUT2D eigenvalue weighted by atomic mass is 16.5. The van der Waals surface area contributed by atoms with Gasteiger partial charge in [-0.15, -0.1) is 0 Å². The van der Waals surface area contributed by atoms with Crippen LogP contribution in [0.4, 0.5) is 5.69 Å². The molecule has 2 aromatic carbocycles. The van der Waals surface area contributed by atoms with Crippen LogP contribution >= 0.6 is 0 Å². The highest BCUT2D eigenvalue weighted by Crippen LogP contribution is 2.44. The molecular weight excluding hydrogens is 342 g/mol. The topological polar surface area (TPSA) is 66.8 Å². The van der Waals surface area contributed by atoms with E-state index in [1.807, 2.05) is 57.2 Å². The van der Waals surface area contributed by atoms with E-state index < -0.39 is 11.5 Å². The molecule has 0 aliphatic carbocycles. The number of carbonyl (C=O) groups excluding carboxylic acids is 2. The number of nitrogens with zero attached hydrogens (tertiary/aromatic N) is 1. The number of rotatable bonds is 6. The van der Waals surface area contributed by atoms with Gasteiger partial charge in [0.25, 0.3) is 5.91 Å². The lowest BCUT2D eigenvalue weighted by molar-refractivity contribution is -0.141. The number of amides is 1. The Morgan fingerprint density at radius 1 is 1.22 bits per heavy atom. The predicted molar refractivity (Wildman–Crippen MR) is 104 cm³/mol. The molecule has 0 saturated carbocycles. The first kappa shape index (κ1) is 19.1. The van der Waals surface area contributed by atoms with E-state index in [2.05, 4.69) is 0 Å². The molecule has 1 aliphatic heterocycles. The summed E-state index contributed by atoms with van der Waals surface area (Å²) in [4.78, 5) is 26.4. The number of carbonyl (C=O) groups is 2. The van der Waals surface area contributed by atoms with Crippen molar-refractivity contribution >= 4 is 17.4 Å². The van der Waals surface area contributed by atoms with Crippen LogP contribution in [0.15, 0.2) is 42.5 Å². The second kappa shape index (κ2) is 7.16. The molecule has 1 N–H and O–H groups in total. The van der Waals surface area contributed by atoms with Gasteiger partial charge in [0.05, 0.1) is 18.3 Å². The lowest BCUT2D eigenvalue weighted by Gasteiger charge is -2.23. The SMILES string of the molecule is CC(=O)C[C@@]1(O)C(=O)N(Cc2ccccc2OC(C)C)c2ccc(C)cc21. The number of aliphatic hydroxyl groups is 1. The summed E-state index contributed by atoms with van der Waals surface area (Å²) in [6.07, 6.45) is -0.229. The van der Waals surface area contributed by atoms with Crippen molar-refractivity contribution in [1.29, 1.82) is 0 Å². The maximum absolute atomic E-state index is 13.2. The van der Waals surface area contributed by atoms with Crippen molar-refractivity contribution in [3.8, 4) is 5.75 Å². The lowest BCUT2D eigenvalue weighted by atomic mass is 9.89. The maximum Gasteiger partial charge on any atom is 0.264 e. The summed E-state index contributed by atoms with van der Waals surface area (Å²) in [5.74, 6) is -0.00248. The van der Waals surface area contributed by atoms with E-state index in [1.54, 1.807) is 11.0 Å². The third kappa shape index (κ3) is 3.60. The maximum atomic E-state index is 13.2. The fourth-order valence-corrected chi connectivity index (χ4v) is 3.53. The van der Waals surface area contributed by atoms with Gasteiger partial charge < -0.3 is 14.7 Å². The van der Waals surface area contributed by atoms with Crippen molar-refractivity contribution in [2.45, 2.75) is 52.4 Å². The molecule has 1 heterocycles. The molecule has 27 heavy (non-hydrogen) atoms. The second-order valence-electron chi connectivity index (χ2n) is 7.43. The minimum absolute atomic E-state index is 0.00464. The summed E-state index contributed by atoms with van der Waals surface area (Å²) in [6, 6.07) is 13.1. The van der Waals surface area contributed by atoms with Gasteiger partial charge in [-0.3, -0.25) is 9.59 Å². The number of hydrogen-bond donors (Lipinski definition) is 1. The van der Waals surface area contributed by atoms with Gasteiger partial charge in [-0.2, -0.15) is 0 Å². The van der Waals surface area contributed by atoms with Gasteiger partial charge in [0.1, 0.15) is 11.5 Å². The summed E-state index contributed by atoms with van der Waals surface area (Å²) in [7, 11) is 0. The average Bonchev–Trinajstić information content (AvgIpc) is 2.77. The fraction of sp³-hybridized carbons (Fsp3) is 0.364. The van der Waals surface area contributed by atoms with Crippen LogP contribution in [0.1, 0.15) is 43.9 Å². The van der Waals surface area contributed by atoms with Gasteiger partial charge in [-0.1, -0.05) is 35.9 Å². The zero-order valence-electron chi connectivity index (χ0n) is 16.2. The summed E-state index contributed by atoms with van der Waals surface area (Å²) >= 11 is 0. The lowest BCUT2D eigenvalue weighted by Crippen LogP contribution is -2.41. The van der Waals surface area contributed by atoms with Gasteiger partial charge in [0.15, 0.2) is 5.60 Å². The van der Waals surface area contributed by atoms with Crippen molar-refractivity contribution in [2.75, 3.05) is 4.90 Å². The Morgan fingerprint density at radius 3 is 2.59 bits per heavy atom. The van der Waals surface area contributed by atoms with Crippen molar-refractivity contribution in [2.24, 2.45) is 0 Å². The summed E-state index contributed by atoms with van der Waals surface area (Å²) in [6.45, 7) is 7.43. The molecular formula is C22H25NO4. The first-order chi connectivity index (χ1) is 12.7. The average molecular weight is 367 g/mol. The second-order valence-corrected chi connectivity index (χ2v) is 7.43. The molecule has 142 valence electrons. The number of anilines is 1. The zero-order chi connectivity index (χ0) is 19.8. The van der Waals surface area contributed by atoms with Crippen molar-refractivity contribution in [3.63, 3.8) is 0 Å². The molecule has 0 bridgehead atoms. The minimum atomic E-state index is -1.82.